The summed E-state index contributed by atoms with van der Waals surface area (Å²) in [7, 11) is 0. The summed E-state index contributed by atoms with van der Waals surface area (Å²) in [6, 6.07) is 3.15. The van der Waals surface area contributed by atoms with E-state index in [1.807, 2.05) is 0 Å². The van der Waals surface area contributed by atoms with Gasteiger partial charge in [-0.2, -0.15) is 11.8 Å². The van der Waals surface area contributed by atoms with E-state index in [0.29, 0.717) is 12.4 Å². The van der Waals surface area contributed by atoms with Crippen molar-refractivity contribution in [2.45, 2.75) is 30.6 Å². The monoisotopic (exact) mass is 282 g/mol. The number of primary amides is 1. The number of carbonyl (C=O) groups excluding carboxylic acids is 1. The molecule has 0 aromatic carbocycles. The van der Waals surface area contributed by atoms with E-state index in [4.69, 9.17) is 5.73 Å². The Morgan fingerprint density at radius 1 is 1.63 bits per heavy atom. The molecule has 6 nitrogen and oxygen atoms in total. The number of nitrogens with one attached hydrogen (secondary N) is 1. The van der Waals surface area contributed by atoms with Gasteiger partial charge in [-0.05, 0) is 30.7 Å². The van der Waals surface area contributed by atoms with Crippen LogP contribution in [0, 0.1) is 0 Å². The van der Waals surface area contributed by atoms with Crippen molar-refractivity contribution in [3.63, 3.8) is 0 Å². The van der Waals surface area contributed by atoms with Crippen molar-refractivity contribution in [1.82, 2.24) is 10.2 Å². The molecular weight excluding hydrogens is 264 g/mol. The van der Waals surface area contributed by atoms with Gasteiger partial charge in [0.1, 0.15) is 5.82 Å². The molecule has 19 heavy (non-hydrogen) atoms. The second kappa shape index (κ2) is 5.75. The van der Waals surface area contributed by atoms with Crippen molar-refractivity contribution < 1.29 is 9.90 Å². The fourth-order valence-corrected chi connectivity index (χ4v) is 3.24. The summed E-state index contributed by atoms with van der Waals surface area (Å²) >= 11 is 1.78. The lowest BCUT2D eigenvalue weighted by Crippen LogP contribution is -2.54. The minimum absolute atomic E-state index is 0.132. The highest BCUT2D eigenvalue weighted by Gasteiger charge is 2.44. The van der Waals surface area contributed by atoms with Gasteiger partial charge in [-0.25, -0.2) is 0 Å². The summed E-state index contributed by atoms with van der Waals surface area (Å²) in [6.45, 7) is 2.53. The molecule has 1 heterocycles. The van der Waals surface area contributed by atoms with E-state index in [1.165, 1.54) is 6.07 Å². The Morgan fingerprint density at radius 2 is 2.42 bits per heavy atom. The summed E-state index contributed by atoms with van der Waals surface area (Å²) < 4.78 is 0. The van der Waals surface area contributed by atoms with Gasteiger partial charge in [0.25, 0.3) is 5.91 Å². The molecule has 2 rings (SSSR count). The molecule has 1 aliphatic carbocycles. The van der Waals surface area contributed by atoms with Gasteiger partial charge in [0.05, 0.1) is 5.60 Å². The predicted octanol–water partition coefficient (Wildman–Crippen LogP) is 0.634. The molecule has 1 fully saturated rings. The summed E-state index contributed by atoms with van der Waals surface area (Å²) in [4.78, 5) is 10.9. The number of nitrogens with zero attached hydrogens (tertiary/aromatic N) is 2. The van der Waals surface area contributed by atoms with Gasteiger partial charge in [-0.1, -0.05) is 6.92 Å². The smallest absolute Gasteiger partial charge is 0.269 e. The van der Waals surface area contributed by atoms with Crippen molar-refractivity contribution in [2.24, 2.45) is 5.73 Å². The van der Waals surface area contributed by atoms with E-state index in [0.717, 1.165) is 18.6 Å². The van der Waals surface area contributed by atoms with Gasteiger partial charge in [-0.15, -0.1) is 10.2 Å². The van der Waals surface area contributed by atoms with Crippen molar-refractivity contribution in [3.05, 3.63) is 17.8 Å². The first kappa shape index (κ1) is 14.1. The van der Waals surface area contributed by atoms with Crippen molar-refractivity contribution >= 4 is 23.5 Å². The van der Waals surface area contributed by atoms with Crippen molar-refractivity contribution in [2.75, 3.05) is 17.6 Å². The molecule has 4 N–H and O–H groups in total. The number of thioether (sulfide) groups is 1. The van der Waals surface area contributed by atoms with Crippen LogP contribution in [-0.2, 0) is 0 Å². The highest BCUT2D eigenvalue weighted by Crippen LogP contribution is 2.41. The number of nitrogens with two attached hydrogens (primary N) is 1. The minimum atomic E-state index is -0.676. The Hall–Kier alpha value is -1.34. The molecule has 1 aromatic rings. The van der Waals surface area contributed by atoms with Crippen LogP contribution in [0.5, 0.6) is 0 Å². The van der Waals surface area contributed by atoms with Crippen molar-refractivity contribution in [3.8, 4) is 0 Å². The maximum atomic E-state index is 10.9. The average Bonchev–Trinajstić information content (AvgIpc) is 2.41. The van der Waals surface area contributed by atoms with Gasteiger partial charge >= 0.3 is 0 Å². The highest BCUT2D eigenvalue weighted by atomic mass is 32.2. The lowest BCUT2D eigenvalue weighted by Gasteiger charge is -2.45. The summed E-state index contributed by atoms with van der Waals surface area (Å²) in [6.07, 6.45) is 1.84. The standard InChI is InChI=1S/C12H18N4O2S/c1-2-19-9-5-6-12(9,18)7-14-10-4-3-8(11(13)17)15-16-10/h3-4,9,18H,2,5-7H2,1H3,(H2,13,17)(H,14,16). The van der Waals surface area contributed by atoms with Crippen LogP contribution < -0.4 is 11.1 Å². The molecule has 1 amide bonds. The zero-order chi connectivity index (χ0) is 13.9. The third-order valence-electron chi connectivity index (χ3n) is 3.30. The number of carbonyl (C=O) groups is 1. The fraction of sp³-hybridized carbons (Fsp3) is 0.583. The molecule has 104 valence electrons. The lowest BCUT2D eigenvalue weighted by atomic mass is 9.79. The summed E-state index contributed by atoms with van der Waals surface area (Å²) in [5.74, 6) is 0.932. The average molecular weight is 282 g/mol. The zero-order valence-electron chi connectivity index (χ0n) is 10.8. The van der Waals surface area contributed by atoms with Crippen LogP contribution in [0.25, 0.3) is 0 Å². The Balaban J connectivity index is 1.90. The zero-order valence-corrected chi connectivity index (χ0v) is 11.6. The molecule has 0 bridgehead atoms. The molecule has 1 aromatic heterocycles. The molecule has 0 aliphatic heterocycles. The van der Waals surface area contributed by atoms with Crippen LogP contribution in [0.3, 0.4) is 0 Å². The van der Waals surface area contributed by atoms with E-state index < -0.39 is 11.5 Å². The number of anilines is 1. The first-order valence-electron chi connectivity index (χ1n) is 6.26. The third-order valence-corrected chi connectivity index (χ3v) is 4.71. The van der Waals surface area contributed by atoms with E-state index in [2.05, 4.69) is 22.4 Å². The van der Waals surface area contributed by atoms with E-state index in [-0.39, 0.29) is 10.9 Å². The second-order valence-corrected chi connectivity index (χ2v) is 6.09. The molecule has 1 saturated carbocycles. The van der Waals surface area contributed by atoms with E-state index in [9.17, 15) is 9.90 Å². The van der Waals surface area contributed by atoms with Crippen LogP contribution in [-0.4, -0.2) is 44.4 Å². The molecule has 0 spiro atoms. The molecule has 1 aliphatic rings. The van der Waals surface area contributed by atoms with Gasteiger partial charge in [0.2, 0.25) is 0 Å². The maximum Gasteiger partial charge on any atom is 0.269 e. The Kier molecular flexibility index (Phi) is 4.26. The number of rotatable bonds is 6. The van der Waals surface area contributed by atoms with Gasteiger partial charge in [0.15, 0.2) is 5.69 Å². The molecule has 0 saturated heterocycles. The first-order valence-corrected chi connectivity index (χ1v) is 7.31. The molecule has 2 unspecified atom stereocenters. The summed E-state index contributed by atoms with van der Waals surface area (Å²) in [5.41, 5.74) is 4.54. The van der Waals surface area contributed by atoms with Crippen LogP contribution in [0.2, 0.25) is 0 Å². The van der Waals surface area contributed by atoms with E-state index >= 15 is 0 Å². The highest BCUT2D eigenvalue weighted by molar-refractivity contribution is 8.00. The minimum Gasteiger partial charge on any atom is -0.387 e. The Bertz CT molecular complexity index is 454. The van der Waals surface area contributed by atoms with Gasteiger partial charge in [0, 0.05) is 11.8 Å². The lowest BCUT2D eigenvalue weighted by molar-refractivity contribution is -0.0120. The SMILES string of the molecule is CCSC1CCC1(O)CNc1ccc(C(N)=O)nn1. The van der Waals surface area contributed by atoms with Crippen LogP contribution >= 0.6 is 11.8 Å². The topological polar surface area (TPSA) is 101 Å². The number of aromatic nitrogens is 2. The largest absolute Gasteiger partial charge is 0.387 e. The Labute approximate surface area is 116 Å². The third kappa shape index (κ3) is 3.16. The Morgan fingerprint density at radius 3 is 2.89 bits per heavy atom. The fourth-order valence-electron chi connectivity index (χ4n) is 2.04. The number of hydrogen-bond acceptors (Lipinski definition) is 6. The van der Waals surface area contributed by atoms with Crippen LogP contribution in [0.4, 0.5) is 5.82 Å². The molecule has 7 heteroatoms. The second-order valence-electron chi connectivity index (χ2n) is 4.61. The quantitative estimate of drug-likeness (QED) is 0.707. The first-order chi connectivity index (χ1) is 9.05. The van der Waals surface area contributed by atoms with Crippen LogP contribution in [0.15, 0.2) is 12.1 Å². The predicted molar refractivity (Wildman–Crippen MR) is 75.1 cm³/mol. The maximum absolute atomic E-state index is 10.9. The summed E-state index contributed by atoms with van der Waals surface area (Å²) in [5, 5.41) is 21.3. The molecule has 0 radical (unpaired) electrons. The van der Waals surface area contributed by atoms with E-state index in [1.54, 1.807) is 17.8 Å². The number of amides is 1. The molecule has 2 atom stereocenters. The number of aliphatic hydroxyl groups is 1. The van der Waals surface area contributed by atoms with Crippen molar-refractivity contribution in [1.29, 1.82) is 0 Å². The van der Waals surface area contributed by atoms with Gasteiger partial charge in [-0.3, -0.25) is 4.79 Å². The van der Waals surface area contributed by atoms with Crippen LogP contribution in [0.1, 0.15) is 30.3 Å². The normalized spacial score (nSPS) is 25.7. The number of hydrogen-bond donors (Lipinski definition) is 3. The van der Waals surface area contributed by atoms with Gasteiger partial charge < -0.3 is 16.2 Å². The molecular formula is C12H18N4O2S.